The maximum Gasteiger partial charge on any atom is 0.321 e. The van der Waals surface area contributed by atoms with E-state index in [1.165, 1.54) is 24.3 Å². The van der Waals surface area contributed by atoms with Gasteiger partial charge >= 0.3 is 5.97 Å². The SMILES string of the molecule is NC(C(=O)O)C(CC=O)C(=O)Nc1ccc([N+](=O)[O-])cc1. The van der Waals surface area contributed by atoms with Crippen molar-refractivity contribution in [3.05, 3.63) is 34.4 Å². The van der Waals surface area contributed by atoms with E-state index in [1.807, 2.05) is 0 Å². The highest BCUT2D eigenvalue weighted by molar-refractivity contribution is 5.97. The van der Waals surface area contributed by atoms with E-state index in [0.717, 1.165) is 0 Å². The first-order valence-corrected chi connectivity index (χ1v) is 5.84. The second kappa shape index (κ2) is 7.10. The maximum atomic E-state index is 11.9. The zero-order chi connectivity index (χ0) is 16.0. The Hall–Kier alpha value is -2.81. The van der Waals surface area contributed by atoms with Gasteiger partial charge in [0.1, 0.15) is 12.3 Å². The summed E-state index contributed by atoms with van der Waals surface area (Å²) in [5.41, 5.74) is 5.44. The number of amides is 1. The number of carbonyl (C=O) groups excluding carboxylic acids is 2. The molecule has 0 spiro atoms. The summed E-state index contributed by atoms with van der Waals surface area (Å²) < 4.78 is 0. The molecule has 1 amide bonds. The summed E-state index contributed by atoms with van der Waals surface area (Å²) in [7, 11) is 0. The van der Waals surface area contributed by atoms with Crippen molar-refractivity contribution < 1.29 is 24.4 Å². The topological polar surface area (TPSA) is 153 Å². The molecule has 0 saturated heterocycles. The number of aliphatic carboxylic acids is 1. The number of carbonyl (C=O) groups is 3. The highest BCUT2D eigenvalue weighted by Crippen LogP contribution is 2.17. The summed E-state index contributed by atoms with van der Waals surface area (Å²) in [5, 5.41) is 21.7. The summed E-state index contributed by atoms with van der Waals surface area (Å²) in [6.07, 6.45) is 0.0646. The molecule has 9 heteroatoms. The van der Waals surface area contributed by atoms with Crippen molar-refractivity contribution in [2.75, 3.05) is 5.32 Å². The number of rotatable bonds is 7. The third kappa shape index (κ3) is 4.35. The first-order valence-electron chi connectivity index (χ1n) is 5.84. The Bertz CT molecular complexity index is 557. The fraction of sp³-hybridized carbons (Fsp3) is 0.250. The van der Waals surface area contributed by atoms with E-state index in [0.29, 0.717) is 6.29 Å². The van der Waals surface area contributed by atoms with Crippen molar-refractivity contribution in [3.63, 3.8) is 0 Å². The zero-order valence-electron chi connectivity index (χ0n) is 10.8. The Morgan fingerprint density at radius 3 is 2.38 bits per heavy atom. The Morgan fingerprint density at radius 2 is 1.95 bits per heavy atom. The molecule has 0 bridgehead atoms. The zero-order valence-corrected chi connectivity index (χ0v) is 10.8. The smallest absolute Gasteiger partial charge is 0.321 e. The van der Waals surface area contributed by atoms with Gasteiger partial charge in [0.25, 0.3) is 5.69 Å². The van der Waals surface area contributed by atoms with E-state index in [9.17, 15) is 24.5 Å². The number of aldehydes is 1. The molecule has 0 aromatic heterocycles. The second-order valence-electron chi connectivity index (χ2n) is 4.17. The molecule has 2 atom stereocenters. The fourth-order valence-electron chi connectivity index (χ4n) is 1.59. The minimum Gasteiger partial charge on any atom is -0.480 e. The lowest BCUT2D eigenvalue weighted by Gasteiger charge is -2.17. The van der Waals surface area contributed by atoms with Gasteiger partial charge < -0.3 is 21.0 Å². The van der Waals surface area contributed by atoms with E-state index >= 15 is 0 Å². The number of nitro benzene ring substituents is 1. The summed E-state index contributed by atoms with van der Waals surface area (Å²) in [5.74, 6) is -3.37. The van der Waals surface area contributed by atoms with Crippen LogP contribution in [0.3, 0.4) is 0 Å². The van der Waals surface area contributed by atoms with Gasteiger partial charge in [-0.2, -0.15) is 0 Å². The van der Waals surface area contributed by atoms with Crippen molar-refractivity contribution >= 4 is 29.5 Å². The lowest BCUT2D eigenvalue weighted by Crippen LogP contribution is -2.44. The standard InChI is InChI=1S/C12H13N3O6/c13-10(12(18)19)9(5-6-16)11(17)14-7-1-3-8(4-2-7)15(20)21/h1-4,6,9-10H,5,13H2,(H,14,17)(H,18,19). The second-order valence-corrected chi connectivity index (χ2v) is 4.17. The molecule has 0 fully saturated rings. The number of nitrogens with two attached hydrogens (primary N) is 1. The number of nitrogens with zero attached hydrogens (tertiary/aromatic N) is 1. The molecule has 9 nitrogen and oxygen atoms in total. The molecule has 0 aliphatic carbocycles. The molecule has 0 radical (unpaired) electrons. The molecule has 0 aliphatic rings. The molecule has 0 heterocycles. The van der Waals surface area contributed by atoms with Gasteiger partial charge in [-0.15, -0.1) is 0 Å². The minimum atomic E-state index is -1.52. The van der Waals surface area contributed by atoms with Crippen LogP contribution in [0.4, 0.5) is 11.4 Å². The number of carboxylic acids is 1. The molecule has 4 N–H and O–H groups in total. The monoisotopic (exact) mass is 295 g/mol. The van der Waals surface area contributed by atoms with Crippen LogP contribution in [0, 0.1) is 16.0 Å². The lowest BCUT2D eigenvalue weighted by atomic mass is 9.96. The van der Waals surface area contributed by atoms with Crippen LogP contribution in [-0.2, 0) is 14.4 Å². The molecular formula is C12H13N3O6. The number of anilines is 1. The first kappa shape index (κ1) is 16.2. The number of benzene rings is 1. The van der Waals surface area contributed by atoms with E-state index < -0.39 is 28.8 Å². The van der Waals surface area contributed by atoms with Gasteiger partial charge in [0.05, 0.1) is 10.8 Å². The average Bonchev–Trinajstić information content (AvgIpc) is 2.44. The predicted octanol–water partition coefficient (Wildman–Crippen LogP) is 0.150. The first-order chi connectivity index (χ1) is 9.86. The molecule has 0 saturated carbocycles. The van der Waals surface area contributed by atoms with Crippen LogP contribution in [-0.4, -0.2) is 34.2 Å². The molecule has 1 aromatic carbocycles. The van der Waals surface area contributed by atoms with Crippen molar-refractivity contribution in [2.45, 2.75) is 12.5 Å². The van der Waals surface area contributed by atoms with E-state index in [4.69, 9.17) is 10.8 Å². The van der Waals surface area contributed by atoms with Crippen molar-refractivity contribution in [3.8, 4) is 0 Å². The van der Waals surface area contributed by atoms with E-state index in [1.54, 1.807) is 0 Å². The Balaban J connectivity index is 2.83. The molecule has 1 aromatic rings. The number of non-ortho nitro benzene ring substituents is 1. The van der Waals surface area contributed by atoms with Crippen LogP contribution in [0.1, 0.15) is 6.42 Å². The van der Waals surface area contributed by atoms with Gasteiger partial charge in [-0.05, 0) is 12.1 Å². The molecule has 2 unspecified atom stereocenters. The largest absolute Gasteiger partial charge is 0.480 e. The fourth-order valence-corrected chi connectivity index (χ4v) is 1.59. The summed E-state index contributed by atoms with van der Waals surface area (Å²) >= 11 is 0. The van der Waals surface area contributed by atoms with Crippen LogP contribution in [0.5, 0.6) is 0 Å². The van der Waals surface area contributed by atoms with Crippen molar-refractivity contribution in [1.82, 2.24) is 0 Å². The maximum absolute atomic E-state index is 11.9. The van der Waals surface area contributed by atoms with E-state index in [2.05, 4.69) is 5.32 Å². The summed E-state index contributed by atoms with van der Waals surface area (Å²) in [6.45, 7) is 0. The van der Waals surface area contributed by atoms with Crippen LogP contribution >= 0.6 is 0 Å². The summed E-state index contributed by atoms with van der Waals surface area (Å²) in [4.78, 5) is 43.1. The minimum absolute atomic E-state index is 0.153. The van der Waals surface area contributed by atoms with Crippen molar-refractivity contribution in [2.24, 2.45) is 11.7 Å². The van der Waals surface area contributed by atoms with Gasteiger partial charge in [0.2, 0.25) is 5.91 Å². The molecule has 112 valence electrons. The van der Waals surface area contributed by atoms with Gasteiger partial charge in [-0.25, -0.2) is 0 Å². The van der Waals surface area contributed by atoms with Gasteiger partial charge in [-0.1, -0.05) is 0 Å². The highest BCUT2D eigenvalue weighted by Gasteiger charge is 2.30. The van der Waals surface area contributed by atoms with Crippen LogP contribution in [0.2, 0.25) is 0 Å². The normalized spacial score (nSPS) is 13.0. The summed E-state index contributed by atoms with van der Waals surface area (Å²) in [6, 6.07) is 3.43. The van der Waals surface area contributed by atoms with E-state index in [-0.39, 0.29) is 17.8 Å². The molecule has 1 rings (SSSR count). The number of nitrogens with one attached hydrogen (secondary N) is 1. The van der Waals surface area contributed by atoms with Crippen molar-refractivity contribution in [1.29, 1.82) is 0 Å². The van der Waals surface area contributed by atoms with Crippen LogP contribution in [0.25, 0.3) is 0 Å². The van der Waals surface area contributed by atoms with Gasteiger partial charge in [0, 0.05) is 24.2 Å². The highest BCUT2D eigenvalue weighted by atomic mass is 16.6. The third-order valence-electron chi connectivity index (χ3n) is 2.75. The average molecular weight is 295 g/mol. The third-order valence-corrected chi connectivity index (χ3v) is 2.75. The number of nitro groups is 1. The Labute approximate surface area is 118 Å². The van der Waals surface area contributed by atoms with Crippen LogP contribution in [0.15, 0.2) is 24.3 Å². The molecule has 0 aliphatic heterocycles. The lowest BCUT2D eigenvalue weighted by molar-refractivity contribution is -0.384. The van der Waals surface area contributed by atoms with Crippen LogP contribution < -0.4 is 11.1 Å². The molecular weight excluding hydrogens is 282 g/mol. The van der Waals surface area contributed by atoms with Gasteiger partial charge in [0.15, 0.2) is 0 Å². The number of carboxylic acid groups (broad SMARTS) is 1. The molecule has 21 heavy (non-hydrogen) atoms. The Morgan fingerprint density at radius 1 is 1.38 bits per heavy atom. The number of hydrogen-bond donors (Lipinski definition) is 3. The number of hydrogen-bond acceptors (Lipinski definition) is 6. The predicted molar refractivity (Wildman–Crippen MR) is 71.5 cm³/mol. The quantitative estimate of drug-likeness (QED) is 0.367. The Kier molecular flexibility index (Phi) is 5.49. The van der Waals surface area contributed by atoms with Gasteiger partial charge in [-0.3, -0.25) is 19.7 Å².